The fraction of sp³-hybridized carbons (Fsp3) is 0. The molecule has 0 aliphatic rings. The lowest BCUT2D eigenvalue weighted by molar-refractivity contribution is 0.102. The Kier molecular flexibility index (Phi) is 2.94. The van der Waals surface area contributed by atoms with Crippen LogP contribution in [0.25, 0.3) is 0 Å². The molecule has 0 radical (unpaired) electrons. The van der Waals surface area contributed by atoms with E-state index >= 15 is 0 Å². The maximum absolute atomic E-state index is 11.6. The number of anilines is 1. The van der Waals surface area contributed by atoms with Gasteiger partial charge in [-0.2, -0.15) is 11.3 Å². The SMILES string of the molecule is O=C(Nc1cncc(Cl)n1)c1ccsc1. The minimum Gasteiger partial charge on any atom is -0.305 e. The number of aromatic nitrogens is 2. The molecule has 0 saturated carbocycles. The van der Waals surface area contributed by atoms with Crippen LogP contribution in [0.3, 0.4) is 0 Å². The second kappa shape index (κ2) is 4.37. The third-order valence-electron chi connectivity index (χ3n) is 1.63. The molecule has 2 aromatic heterocycles. The molecule has 1 amide bonds. The van der Waals surface area contributed by atoms with Crippen molar-refractivity contribution in [1.29, 1.82) is 0 Å². The number of thiophene rings is 1. The number of nitrogens with zero attached hydrogens (tertiary/aromatic N) is 2. The molecule has 15 heavy (non-hydrogen) atoms. The van der Waals surface area contributed by atoms with Crippen LogP contribution in [0.1, 0.15) is 10.4 Å². The molecule has 0 fully saturated rings. The van der Waals surface area contributed by atoms with Gasteiger partial charge in [0.05, 0.1) is 18.0 Å². The highest BCUT2D eigenvalue weighted by Gasteiger charge is 2.06. The maximum atomic E-state index is 11.6. The van der Waals surface area contributed by atoms with Gasteiger partial charge in [0.2, 0.25) is 0 Å². The smallest absolute Gasteiger partial charge is 0.257 e. The summed E-state index contributed by atoms with van der Waals surface area (Å²) in [6.45, 7) is 0. The van der Waals surface area contributed by atoms with E-state index in [-0.39, 0.29) is 11.1 Å². The lowest BCUT2D eigenvalue weighted by Gasteiger charge is -2.01. The van der Waals surface area contributed by atoms with Crippen molar-refractivity contribution in [2.45, 2.75) is 0 Å². The molecule has 0 atom stereocenters. The number of amides is 1. The van der Waals surface area contributed by atoms with Crippen LogP contribution in [0, 0.1) is 0 Å². The van der Waals surface area contributed by atoms with Crippen LogP contribution in [0.4, 0.5) is 5.82 Å². The van der Waals surface area contributed by atoms with Gasteiger partial charge in [0.15, 0.2) is 5.82 Å². The summed E-state index contributed by atoms with van der Waals surface area (Å²) in [4.78, 5) is 19.3. The number of hydrogen-bond acceptors (Lipinski definition) is 4. The van der Waals surface area contributed by atoms with E-state index in [0.29, 0.717) is 11.4 Å². The van der Waals surface area contributed by atoms with Crippen molar-refractivity contribution in [1.82, 2.24) is 9.97 Å². The highest BCUT2D eigenvalue weighted by atomic mass is 35.5. The highest BCUT2D eigenvalue weighted by Crippen LogP contribution is 2.10. The van der Waals surface area contributed by atoms with Crippen molar-refractivity contribution < 1.29 is 4.79 Å². The van der Waals surface area contributed by atoms with Crippen molar-refractivity contribution in [3.8, 4) is 0 Å². The van der Waals surface area contributed by atoms with E-state index < -0.39 is 0 Å². The maximum Gasteiger partial charge on any atom is 0.257 e. The summed E-state index contributed by atoms with van der Waals surface area (Å²) in [7, 11) is 0. The summed E-state index contributed by atoms with van der Waals surface area (Å²) in [6, 6.07) is 1.73. The van der Waals surface area contributed by atoms with Gasteiger partial charge in [0.25, 0.3) is 5.91 Å². The largest absolute Gasteiger partial charge is 0.305 e. The van der Waals surface area contributed by atoms with Gasteiger partial charge >= 0.3 is 0 Å². The van der Waals surface area contributed by atoms with Gasteiger partial charge in [0, 0.05) is 5.38 Å². The van der Waals surface area contributed by atoms with Crippen molar-refractivity contribution in [3.63, 3.8) is 0 Å². The van der Waals surface area contributed by atoms with E-state index in [9.17, 15) is 4.79 Å². The number of carbonyl (C=O) groups is 1. The number of halogens is 1. The zero-order valence-electron chi connectivity index (χ0n) is 7.48. The van der Waals surface area contributed by atoms with E-state index in [1.54, 1.807) is 11.4 Å². The quantitative estimate of drug-likeness (QED) is 0.876. The van der Waals surface area contributed by atoms with E-state index in [4.69, 9.17) is 11.6 Å². The third-order valence-corrected chi connectivity index (χ3v) is 2.50. The summed E-state index contributed by atoms with van der Waals surface area (Å²) in [5, 5.41) is 6.43. The predicted molar refractivity (Wildman–Crippen MR) is 59.3 cm³/mol. The first-order valence-electron chi connectivity index (χ1n) is 4.07. The van der Waals surface area contributed by atoms with Crippen molar-refractivity contribution in [3.05, 3.63) is 39.9 Å². The molecule has 0 saturated heterocycles. The van der Waals surface area contributed by atoms with Gasteiger partial charge in [0.1, 0.15) is 5.15 Å². The highest BCUT2D eigenvalue weighted by molar-refractivity contribution is 7.08. The summed E-state index contributed by atoms with van der Waals surface area (Å²) in [5.74, 6) is 0.131. The number of carbonyl (C=O) groups excluding carboxylic acids is 1. The summed E-state index contributed by atoms with van der Waals surface area (Å²) in [6.07, 6.45) is 2.85. The third kappa shape index (κ3) is 2.51. The van der Waals surface area contributed by atoms with Gasteiger partial charge in [-0.1, -0.05) is 11.6 Å². The van der Waals surface area contributed by atoms with E-state index in [2.05, 4.69) is 15.3 Å². The molecule has 2 heterocycles. The lowest BCUT2D eigenvalue weighted by Crippen LogP contribution is -2.12. The minimum atomic E-state index is -0.215. The number of hydrogen-bond donors (Lipinski definition) is 1. The van der Waals surface area contributed by atoms with E-state index in [0.717, 1.165) is 0 Å². The van der Waals surface area contributed by atoms with Crippen LogP contribution in [0.5, 0.6) is 0 Å². The minimum absolute atomic E-state index is 0.215. The van der Waals surface area contributed by atoms with Crippen LogP contribution < -0.4 is 5.32 Å². The summed E-state index contributed by atoms with van der Waals surface area (Å²) >= 11 is 7.09. The molecular weight excluding hydrogens is 234 g/mol. The molecule has 0 aromatic carbocycles. The first-order valence-corrected chi connectivity index (χ1v) is 5.39. The molecule has 1 N–H and O–H groups in total. The average molecular weight is 240 g/mol. The molecular formula is C9H6ClN3OS. The van der Waals surface area contributed by atoms with Crippen LogP contribution in [0.2, 0.25) is 5.15 Å². The fourth-order valence-electron chi connectivity index (χ4n) is 0.985. The second-order valence-corrected chi connectivity index (χ2v) is 3.86. The molecule has 0 bridgehead atoms. The van der Waals surface area contributed by atoms with Gasteiger partial charge < -0.3 is 5.32 Å². The fourth-order valence-corrected chi connectivity index (χ4v) is 1.77. The van der Waals surface area contributed by atoms with Crippen molar-refractivity contribution in [2.24, 2.45) is 0 Å². The van der Waals surface area contributed by atoms with E-state index in [1.165, 1.54) is 23.7 Å². The molecule has 6 heteroatoms. The van der Waals surface area contributed by atoms with Gasteiger partial charge in [-0.3, -0.25) is 9.78 Å². The number of rotatable bonds is 2. The van der Waals surface area contributed by atoms with Crippen LogP contribution in [0.15, 0.2) is 29.2 Å². The predicted octanol–water partition coefficient (Wildman–Crippen LogP) is 2.44. The second-order valence-electron chi connectivity index (χ2n) is 2.69. The molecule has 76 valence electrons. The first-order chi connectivity index (χ1) is 7.25. The first kappa shape index (κ1) is 10.1. The normalized spacial score (nSPS) is 9.93. The molecule has 0 aliphatic carbocycles. The molecule has 4 nitrogen and oxygen atoms in total. The van der Waals surface area contributed by atoms with Gasteiger partial charge in [-0.25, -0.2) is 4.98 Å². The number of nitrogens with one attached hydrogen (secondary N) is 1. The Bertz CT molecular complexity index is 472. The Labute approximate surface area is 94.9 Å². The molecule has 0 unspecified atom stereocenters. The Morgan fingerprint density at radius 3 is 3.00 bits per heavy atom. The summed E-state index contributed by atoms with van der Waals surface area (Å²) < 4.78 is 0. The Morgan fingerprint density at radius 1 is 1.47 bits per heavy atom. The molecule has 0 spiro atoms. The van der Waals surface area contributed by atoms with Crippen molar-refractivity contribution >= 4 is 34.7 Å². The van der Waals surface area contributed by atoms with Crippen LogP contribution >= 0.6 is 22.9 Å². The van der Waals surface area contributed by atoms with Gasteiger partial charge in [-0.15, -0.1) is 0 Å². The average Bonchev–Trinajstić information content (AvgIpc) is 2.70. The standard InChI is InChI=1S/C9H6ClN3OS/c10-7-3-11-4-8(12-7)13-9(14)6-1-2-15-5-6/h1-5H,(H,12,13,14). The lowest BCUT2D eigenvalue weighted by atomic mass is 10.3. The van der Waals surface area contributed by atoms with Gasteiger partial charge in [-0.05, 0) is 11.4 Å². The van der Waals surface area contributed by atoms with Crippen LogP contribution in [-0.4, -0.2) is 15.9 Å². The zero-order valence-corrected chi connectivity index (χ0v) is 9.05. The van der Waals surface area contributed by atoms with Crippen molar-refractivity contribution in [2.75, 3.05) is 5.32 Å². The Hall–Kier alpha value is -1.46. The van der Waals surface area contributed by atoms with E-state index in [1.807, 2.05) is 5.38 Å². The topological polar surface area (TPSA) is 54.9 Å². The molecule has 2 rings (SSSR count). The zero-order chi connectivity index (χ0) is 10.7. The monoisotopic (exact) mass is 239 g/mol. The Morgan fingerprint density at radius 2 is 2.33 bits per heavy atom. The molecule has 2 aromatic rings. The molecule has 0 aliphatic heterocycles. The summed E-state index contributed by atoms with van der Waals surface area (Å²) in [5.41, 5.74) is 0.599. The Balaban J connectivity index is 2.13. The van der Waals surface area contributed by atoms with Crippen LogP contribution in [-0.2, 0) is 0 Å².